The van der Waals surface area contributed by atoms with Gasteiger partial charge in [0.1, 0.15) is 5.56 Å². The van der Waals surface area contributed by atoms with Crippen LogP contribution in [-0.2, 0) is 12.8 Å². The van der Waals surface area contributed by atoms with E-state index < -0.39 is 0 Å². The molecule has 1 atom stereocenters. The molecule has 1 saturated heterocycles. The van der Waals surface area contributed by atoms with Gasteiger partial charge in [0.25, 0.3) is 11.5 Å². The maximum Gasteiger partial charge on any atom is 0.261 e. The average Bonchev–Trinajstić information content (AvgIpc) is 3.21. The van der Waals surface area contributed by atoms with Crippen LogP contribution < -0.4 is 5.56 Å². The van der Waals surface area contributed by atoms with Crippen molar-refractivity contribution < 1.29 is 4.79 Å². The summed E-state index contributed by atoms with van der Waals surface area (Å²) in [6.45, 7) is 2.68. The van der Waals surface area contributed by atoms with Gasteiger partial charge in [-0.25, -0.2) is 0 Å². The van der Waals surface area contributed by atoms with Crippen LogP contribution in [0.3, 0.4) is 0 Å². The fraction of sp³-hybridized carbons (Fsp3) is 0.500. The highest BCUT2D eigenvalue weighted by Crippen LogP contribution is 2.32. The van der Waals surface area contributed by atoms with E-state index in [-0.39, 0.29) is 23.1 Å². The van der Waals surface area contributed by atoms with Crippen molar-refractivity contribution in [2.75, 3.05) is 6.54 Å². The Morgan fingerprint density at radius 1 is 1.29 bits per heavy atom. The number of carbonyl (C=O) groups is 1. The van der Waals surface area contributed by atoms with Gasteiger partial charge in [-0.1, -0.05) is 0 Å². The number of amides is 1. The van der Waals surface area contributed by atoms with Crippen molar-refractivity contribution in [2.24, 2.45) is 0 Å². The van der Waals surface area contributed by atoms with Crippen LogP contribution in [0, 0.1) is 6.92 Å². The first-order valence-electron chi connectivity index (χ1n) is 8.71. The molecule has 2 N–H and O–H groups in total. The zero-order chi connectivity index (χ0) is 16.7. The molecule has 1 aliphatic heterocycles. The highest BCUT2D eigenvalue weighted by atomic mass is 16.2. The van der Waals surface area contributed by atoms with Gasteiger partial charge in [0.05, 0.1) is 17.9 Å². The largest absolute Gasteiger partial charge is 0.330 e. The van der Waals surface area contributed by atoms with Crippen LogP contribution in [0.4, 0.5) is 0 Å². The minimum Gasteiger partial charge on any atom is -0.330 e. The van der Waals surface area contributed by atoms with Gasteiger partial charge in [-0.15, -0.1) is 0 Å². The summed E-state index contributed by atoms with van der Waals surface area (Å²) < 4.78 is 0. The van der Waals surface area contributed by atoms with Gasteiger partial charge in [-0.05, 0) is 62.6 Å². The average molecular weight is 326 g/mol. The van der Waals surface area contributed by atoms with Gasteiger partial charge in [-0.2, -0.15) is 5.10 Å². The minimum absolute atomic E-state index is 0.0265. The molecule has 2 aliphatic rings. The predicted molar refractivity (Wildman–Crippen MR) is 90.0 cm³/mol. The summed E-state index contributed by atoms with van der Waals surface area (Å²) in [5.41, 5.74) is 4.18. The Bertz CT molecular complexity index is 836. The molecule has 0 radical (unpaired) electrons. The lowest BCUT2D eigenvalue weighted by Crippen LogP contribution is -2.41. The van der Waals surface area contributed by atoms with E-state index in [0.717, 1.165) is 61.0 Å². The van der Waals surface area contributed by atoms with Gasteiger partial charge < -0.3 is 9.88 Å². The third kappa shape index (κ3) is 2.46. The molecule has 126 valence electrons. The summed E-state index contributed by atoms with van der Waals surface area (Å²) in [6.07, 6.45) is 7.62. The number of nitrogens with zero attached hydrogens (tertiary/aromatic N) is 2. The molecule has 6 nitrogen and oxygen atoms in total. The van der Waals surface area contributed by atoms with E-state index in [1.807, 2.05) is 17.9 Å². The second kappa shape index (κ2) is 5.92. The standard InChI is InChI=1S/C18H22N4O2/c1-11-10-19-21-16(11)15-7-2-3-8-22(15)18(24)13-9-12-5-4-6-14(12)20-17(13)23/h9-10,15H,2-8H2,1H3,(H,19,21)(H,20,23)/t15-/m0/s1. The van der Waals surface area contributed by atoms with Crippen molar-refractivity contribution in [1.29, 1.82) is 0 Å². The predicted octanol–water partition coefficient (Wildman–Crippen LogP) is 2.26. The molecule has 0 bridgehead atoms. The third-order valence-electron chi connectivity index (χ3n) is 5.28. The van der Waals surface area contributed by atoms with Gasteiger partial charge in [-0.3, -0.25) is 14.7 Å². The second-order valence-electron chi connectivity index (χ2n) is 6.85. The summed E-state index contributed by atoms with van der Waals surface area (Å²) in [5.74, 6) is -0.162. The molecule has 2 aromatic heterocycles. The van der Waals surface area contributed by atoms with Crippen molar-refractivity contribution in [2.45, 2.75) is 51.5 Å². The first kappa shape index (κ1) is 15.2. The molecule has 4 rings (SSSR count). The lowest BCUT2D eigenvalue weighted by Gasteiger charge is -2.35. The van der Waals surface area contributed by atoms with Crippen LogP contribution in [0.25, 0.3) is 0 Å². The lowest BCUT2D eigenvalue weighted by molar-refractivity contribution is 0.0603. The number of carbonyl (C=O) groups excluding carboxylic acids is 1. The first-order valence-corrected chi connectivity index (χ1v) is 8.71. The third-order valence-corrected chi connectivity index (χ3v) is 5.28. The quantitative estimate of drug-likeness (QED) is 0.888. The molecule has 1 amide bonds. The molecule has 0 aromatic carbocycles. The number of pyridine rings is 1. The monoisotopic (exact) mass is 326 g/mol. The summed E-state index contributed by atoms with van der Waals surface area (Å²) in [5, 5.41) is 7.14. The Hall–Kier alpha value is -2.37. The summed E-state index contributed by atoms with van der Waals surface area (Å²) in [6, 6.07) is 1.79. The number of aromatic nitrogens is 3. The smallest absolute Gasteiger partial charge is 0.261 e. The minimum atomic E-state index is -0.258. The van der Waals surface area contributed by atoms with Gasteiger partial charge in [0.2, 0.25) is 0 Å². The van der Waals surface area contributed by atoms with Crippen LogP contribution in [0.2, 0.25) is 0 Å². The molecule has 1 aliphatic carbocycles. The Morgan fingerprint density at radius 3 is 2.96 bits per heavy atom. The zero-order valence-corrected chi connectivity index (χ0v) is 13.9. The Morgan fingerprint density at radius 2 is 2.17 bits per heavy atom. The molecule has 2 aromatic rings. The van der Waals surface area contributed by atoms with Crippen LogP contribution in [0.1, 0.15) is 64.6 Å². The molecular weight excluding hydrogens is 304 g/mol. The Balaban J connectivity index is 1.70. The lowest BCUT2D eigenvalue weighted by atomic mass is 9.96. The second-order valence-corrected chi connectivity index (χ2v) is 6.85. The molecule has 1 fully saturated rings. The van der Waals surface area contributed by atoms with Crippen molar-refractivity contribution >= 4 is 5.91 Å². The molecule has 3 heterocycles. The number of aryl methyl sites for hydroxylation is 3. The van der Waals surface area contributed by atoms with Crippen LogP contribution in [-0.4, -0.2) is 32.5 Å². The van der Waals surface area contributed by atoms with Gasteiger partial charge in [0.15, 0.2) is 0 Å². The highest BCUT2D eigenvalue weighted by Gasteiger charge is 2.32. The normalized spacial score (nSPS) is 20.2. The van der Waals surface area contributed by atoms with Crippen molar-refractivity contribution in [1.82, 2.24) is 20.1 Å². The maximum atomic E-state index is 13.1. The fourth-order valence-corrected chi connectivity index (χ4v) is 4.00. The van der Waals surface area contributed by atoms with E-state index in [0.29, 0.717) is 6.54 Å². The number of H-pyrrole nitrogens is 2. The van der Waals surface area contributed by atoms with Crippen molar-refractivity contribution in [3.63, 3.8) is 0 Å². The van der Waals surface area contributed by atoms with E-state index in [9.17, 15) is 9.59 Å². The molecule has 24 heavy (non-hydrogen) atoms. The number of hydrogen-bond donors (Lipinski definition) is 2. The number of hydrogen-bond acceptors (Lipinski definition) is 3. The van der Waals surface area contributed by atoms with Crippen LogP contribution in [0.15, 0.2) is 17.1 Å². The highest BCUT2D eigenvalue weighted by molar-refractivity contribution is 5.94. The van der Waals surface area contributed by atoms with Gasteiger partial charge >= 0.3 is 0 Å². The van der Waals surface area contributed by atoms with E-state index in [1.165, 1.54) is 0 Å². The molecule has 0 spiro atoms. The summed E-state index contributed by atoms with van der Waals surface area (Å²) >= 11 is 0. The Kier molecular flexibility index (Phi) is 3.75. The van der Waals surface area contributed by atoms with E-state index in [1.54, 1.807) is 6.20 Å². The van der Waals surface area contributed by atoms with Crippen LogP contribution >= 0.6 is 0 Å². The topological polar surface area (TPSA) is 81.8 Å². The summed E-state index contributed by atoms with van der Waals surface area (Å²) in [7, 11) is 0. The zero-order valence-electron chi connectivity index (χ0n) is 13.9. The number of aromatic amines is 2. The number of nitrogens with one attached hydrogen (secondary N) is 2. The van der Waals surface area contributed by atoms with E-state index >= 15 is 0 Å². The van der Waals surface area contributed by atoms with Gasteiger partial charge in [0, 0.05) is 12.2 Å². The van der Waals surface area contributed by atoms with E-state index in [2.05, 4.69) is 15.2 Å². The number of fused-ring (bicyclic) bond motifs is 1. The first-order chi connectivity index (χ1) is 11.6. The van der Waals surface area contributed by atoms with E-state index in [4.69, 9.17) is 0 Å². The summed E-state index contributed by atoms with van der Waals surface area (Å²) in [4.78, 5) is 30.3. The maximum absolute atomic E-state index is 13.1. The Labute approximate surface area is 140 Å². The van der Waals surface area contributed by atoms with Crippen molar-refractivity contribution in [3.05, 3.63) is 50.7 Å². The number of rotatable bonds is 2. The number of likely N-dealkylation sites (tertiary alicyclic amines) is 1. The SMILES string of the molecule is Cc1cn[nH]c1[C@@H]1CCCCN1C(=O)c1cc2c([nH]c1=O)CCC2. The molecule has 6 heteroatoms. The molecule has 0 unspecified atom stereocenters. The number of piperidine rings is 1. The molecular formula is C18H22N4O2. The van der Waals surface area contributed by atoms with Crippen molar-refractivity contribution in [3.8, 4) is 0 Å². The fourth-order valence-electron chi connectivity index (χ4n) is 4.00. The van der Waals surface area contributed by atoms with Crippen LogP contribution in [0.5, 0.6) is 0 Å². The molecule has 0 saturated carbocycles.